The zero-order valence-electron chi connectivity index (χ0n) is 15.5. The lowest BCUT2D eigenvalue weighted by molar-refractivity contribution is -0.147. The number of carbonyl (C=O) groups excluding carboxylic acids is 1. The van der Waals surface area contributed by atoms with Crippen molar-refractivity contribution in [1.82, 2.24) is 9.21 Å². The number of hydrogen-bond acceptors (Lipinski definition) is 5. The highest BCUT2D eigenvalue weighted by molar-refractivity contribution is 7.89. The highest BCUT2D eigenvalue weighted by Crippen LogP contribution is 2.28. The van der Waals surface area contributed by atoms with E-state index in [0.717, 1.165) is 22.5 Å². The van der Waals surface area contributed by atoms with E-state index in [1.807, 2.05) is 0 Å². The molecule has 0 N–H and O–H groups in total. The molecule has 10 heteroatoms. The summed E-state index contributed by atoms with van der Waals surface area (Å²) >= 11 is 5.90. The van der Waals surface area contributed by atoms with Gasteiger partial charge in [0, 0.05) is 31.2 Å². The first-order valence-electron chi connectivity index (χ1n) is 8.77. The van der Waals surface area contributed by atoms with E-state index in [2.05, 4.69) is 0 Å². The van der Waals surface area contributed by atoms with E-state index >= 15 is 0 Å². The minimum absolute atomic E-state index is 0.0306. The minimum Gasteiger partial charge on any atom is -0.468 e. The Morgan fingerprint density at radius 1 is 1.03 bits per heavy atom. The summed E-state index contributed by atoms with van der Waals surface area (Å²) < 4.78 is 59.3. The van der Waals surface area contributed by atoms with E-state index < -0.39 is 38.6 Å². The number of hydrogen-bond donors (Lipinski definition) is 0. The van der Waals surface area contributed by atoms with Crippen LogP contribution in [0.2, 0.25) is 5.02 Å². The van der Waals surface area contributed by atoms with E-state index in [1.54, 1.807) is 29.2 Å². The van der Waals surface area contributed by atoms with Crippen molar-refractivity contribution in [2.24, 2.45) is 0 Å². The van der Waals surface area contributed by atoms with Gasteiger partial charge in [-0.25, -0.2) is 22.0 Å². The lowest BCUT2D eigenvalue weighted by Crippen LogP contribution is -2.51. The highest BCUT2D eigenvalue weighted by Gasteiger charge is 2.37. The molecule has 0 saturated carbocycles. The van der Waals surface area contributed by atoms with Crippen molar-refractivity contribution < 1.29 is 26.7 Å². The Labute approximate surface area is 172 Å². The average molecular weight is 445 g/mol. The third-order valence-electron chi connectivity index (χ3n) is 4.77. The van der Waals surface area contributed by atoms with E-state index in [1.165, 1.54) is 7.11 Å². The number of rotatable bonds is 5. The summed E-state index contributed by atoms with van der Waals surface area (Å²) in [6.45, 7) is 0.295. The van der Waals surface area contributed by atoms with Gasteiger partial charge >= 0.3 is 5.97 Å². The number of piperazine rings is 1. The third kappa shape index (κ3) is 4.42. The first-order chi connectivity index (χ1) is 13.8. The molecule has 1 saturated heterocycles. The van der Waals surface area contributed by atoms with Gasteiger partial charge in [0.1, 0.15) is 17.7 Å². The van der Waals surface area contributed by atoms with Crippen molar-refractivity contribution in [3.63, 3.8) is 0 Å². The third-order valence-corrected chi connectivity index (χ3v) is 6.97. The van der Waals surface area contributed by atoms with Crippen molar-refractivity contribution in [3.8, 4) is 0 Å². The molecule has 3 rings (SSSR count). The summed E-state index contributed by atoms with van der Waals surface area (Å²) in [7, 11) is -3.07. The summed E-state index contributed by atoms with van der Waals surface area (Å²) in [6.07, 6.45) is 0. The number of methoxy groups -OCH3 is 1. The number of halogens is 3. The predicted molar refractivity (Wildman–Crippen MR) is 103 cm³/mol. The Kier molecular flexibility index (Phi) is 6.52. The van der Waals surface area contributed by atoms with Gasteiger partial charge in [-0.15, -0.1) is 0 Å². The van der Waals surface area contributed by atoms with E-state index in [9.17, 15) is 22.0 Å². The SMILES string of the molecule is COC(=O)C(c1ccc(Cl)cc1)N1CCN(S(=O)(=O)c2c(F)cccc2F)CC1. The Hall–Kier alpha value is -2.07. The second kappa shape index (κ2) is 8.74. The Morgan fingerprint density at radius 2 is 1.59 bits per heavy atom. The molecule has 1 atom stereocenters. The molecule has 1 heterocycles. The summed E-state index contributed by atoms with van der Waals surface area (Å²) in [5.41, 5.74) is 0.651. The zero-order chi connectivity index (χ0) is 21.2. The van der Waals surface area contributed by atoms with Gasteiger partial charge in [0.05, 0.1) is 7.11 Å². The van der Waals surface area contributed by atoms with Crippen LogP contribution in [0.15, 0.2) is 47.4 Å². The van der Waals surface area contributed by atoms with Crippen LogP contribution in [-0.2, 0) is 19.6 Å². The highest BCUT2D eigenvalue weighted by atomic mass is 35.5. The number of ether oxygens (including phenoxy) is 1. The molecule has 1 aliphatic rings. The van der Waals surface area contributed by atoms with Gasteiger partial charge in [0.15, 0.2) is 4.90 Å². The molecule has 0 aromatic heterocycles. The largest absolute Gasteiger partial charge is 0.468 e. The van der Waals surface area contributed by atoms with Crippen molar-refractivity contribution in [1.29, 1.82) is 0 Å². The van der Waals surface area contributed by atoms with Crippen LogP contribution < -0.4 is 0 Å². The lowest BCUT2D eigenvalue weighted by atomic mass is 10.0. The molecule has 1 unspecified atom stereocenters. The van der Waals surface area contributed by atoms with Crippen LogP contribution in [-0.4, -0.2) is 56.9 Å². The molecular formula is C19H19ClF2N2O4S. The molecule has 2 aromatic carbocycles. The lowest BCUT2D eigenvalue weighted by Gasteiger charge is -2.37. The van der Waals surface area contributed by atoms with Crippen molar-refractivity contribution in [2.75, 3.05) is 33.3 Å². The smallest absolute Gasteiger partial charge is 0.327 e. The van der Waals surface area contributed by atoms with E-state index in [-0.39, 0.29) is 26.2 Å². The molecule has 0 spiro atoms. The van der Waals surface area contributed by atoms with E-state index in [0.29, 0.717) is 10.6 Å². The Bertz CT molecular complexity index is 974. The zero-order valence-corrected chi connectivity index (χ0v) is 17.1. The molecule has 0 radical (unpaired) electrons. The number of esters is 1. The standard InChI is InChI=1S/C19H19ClF2N2O4S/c1-28-19(25)17(13-5-7-14(20)8-6-13)23-9-11-24(12-10-23)29(26,27)18-15(21)3-2-4-16(18)22/h2-8,17H,9-12H2,1H3. The molecule has 0 amide bonds. The van der Waals surface area contributed by atoms with Gasteiger partial charge in [0.25, 0.3) is 0 Å². The number of sulfonamides is 1. The molecule has 156 valence electrons. The fraction of sp³-hybridized carbons (Fsp3) is 0.316. The van der Waals surface area contributed by atoms with Gasteiger partial charge in [-0.05, 0) is 29.8 Å². The summed E-state index contributed by atoms with van der Waals surface area (Å²) in [6, 6.07) is 8.86. The van der Waals surface area contributed by atoms with Crippen LogP contribution in [0.3, 0.4) is 0 Å². The molecule has 1 aliphatic heterocycles. The van der Waals surface area contributed by atoms with Crippen LogP contribution in [0.1, 0.15) is 11.6 Å². The first-order valence-corrected chi connectivity index (χ1v) is 10.6. The summed E-state index contributed by atoms with van der Waals surface area (Å²) in [4.78, 5) is 13.2. The molecule has 0 bridgehead atoms. The maximum absolute atomic E-state index is 14.0. The van der Waals surface area contributed by atoms with Crippen molar-refractivity contribution in [2.45, 2.75) is 10.9 Å². The van der Waals surface area contributed by atoms with Crippen LogP contribution in [0.25, 0.3) is 0 Å². The molecular weight excluding hydrogens is 426 g/mol. The van der Waals surface area contributed by atoms with Crippen LogP contribution in [0.5, 0.6) is 0 Å². The van der Waals surface area contributed by atoms with E-state index in [4.69, 9.17) is 16.3 Å². The fourth-order valence-electron chi connectivity index (χ4n) is 3.31. The topological polar surface area (TPSA) is 66.9 Å². The van der Waals surface area contributed by atoms with Gasteiger partial charge in [-0.3, -0.25) is 4.90 Å². The molecule has 2 aromatic rings. The second-order valence-corrected chi connectivity index (χ2v) is 8.78. The number of carbonyl (C=O) groups is 1. The van der Waals surface area contributed by atoms with Gasteiger partial charge in [-0.2, -0.15) is 4.31 Å². The number of benzene rings is 2. The average Bonchev–Trinajstić information content (AvgIpc) is 2.69. The summed E-state index contributed by atoms with van der Waals surface area (Å²) in [5, 5.41) is 0.514. The molecule has 29 heavy (non-hydrogen) atoms. The van der Waals surface area contributed by atoms with Gasteiger partial charge in [-0.1, -0.05) is 29.8 Å². The maximum Gasteiger partial charge on any atom is 0.327 e. The van der Waals surface area contributed by atoms with Crippen molar-refractivity contribution in [3.05, 3.63) is 64.7 Å². The first kappa shape index (κ1) is 21.6. The predicted octanol–water partition coefficient (Wildman–Crippen LogP) is 2.84. The minimum atomic E-state index is -4.35. The maximum atomic E-state index is 14.0. The normalized spacial score (nSPS) is 17.1. The molecule has 1 fully saturated rings. The van der Waals surface area contributed by atoms with Crippen LogP contribution in [0, 0.1) is 11.6 Å². The fourth-order valence-corrected chi connectivity index (χ4v) is 4.97. The quantitative estimate of drug-likeness (QED) is 0.663. The second-order valence-electron chi connectivity index (χ2n) is 6.47. The van der Waals surface area contributed by atoms with Crippen LogP contribution in [0.4, 0.5) is 8.78 Å². The van der Waals surface area contributed by atoms with Gasteiger partial charge in [0.2, 0.25) is 10.0 Å². The summed E-state index contributed by atoms with van der Waals surface area (Å²) in [5.74, 6) is -2.77. The Balaban J connectivity index is 1.81. The number of nitrogens with zero attached hydrogens (tertiary/aromatic N) is 2. The van der Waals surface area contributed by atoms with Crippen molar-refractivity contribution >= 4 is 27.6 Å². The Morgan fingerprint density at radius 3 is 2.10 bits per heavy atom. The van der Waals surface area contributed by atoms with Gasteiger partial charge < -0.3 is 4.74 Å². The van der Waals surface area contributed by atoms with Crippen LogP contribution >= 0.6 is 11.6 Å². The molecule has 6 nitrogen and oxygen atoms in total. The monoisotopic (exact) mass is 444 g/mol. The molecule has 0 aliphatic carbocycles.